The minimum atomic E-state index is -1.06. The molecule has 1 unspecified atom stereocenters. The molecule has 2 rings (SSSR count). The van der Waals surface area contributed by atoms with Crippen molar-refractivity contribution in [2.75, 3.05) is 11.5 Å². The molecule has 0 radical (unpaired) electrons. The van der Waals surface area contributed by atoms with E-state index in [1.807, 2.05) is 12.1 Å². The molecule has 1 atom stereocenters. The molecular weight excluding hydrogens is 394 g/mol. The molecule has 1 aromatic carbocycles. The van der Waals surface area contributed by atoms with Crippen LogP contribution in [0, 0.1) is 19.3 Å². The SMILES string of the molecule is CCOC(=O)C(=O)N(C(=O)c1c(C)nn(C)c1C)c1ccccc1C(C)CC(C)(C)C. The van der Waals surface area contributed by atoms with E-state index in [4.69, 9.17) is 4.74 Å². The van der Waals surface area contributed by atoms with Crippen LogP contribution in [-0.4, -0.2) is 34.2 Å². The number of amides is 2. The van der Waals surface area contributed by atoms with Crippen molar-refractivity contribution < 1.29 is 19.1 Å². The number of anilines is 1. The average Bonchev–Trinajstić information content (AvgIpc) is 2.92. The highest BCUT2D eigenvalue weighted by atomic mass is 16.5. The van der Waals surface area contributed by atoms with E-state index in [1.54, 1.807) is 44.6 Å². The fraction of sp³-hybridized carbons (Fsp3) is 0.500. The molecule has 0 fully saturated rings. The Morgan fingerprint density at radius 1 is 1.16 bits per heavy atom. The van der Waals surface area contributed by atoms with Gasteiger partial charge in [0.15, 0.2) is 0 Å². The molecule has 7 heteroatoms. The highest BCUT2D eigenvalue weighted by molar-refractivity contribution is 6.45. The Morgan fingerprint density at radius 2 is 1.77 bits per heavy atom. The lowest BCUT2D eigenvalue weighted by atomic mass is 9.82. The first-order valence-corrected chi connectivity index (χ1v) is 10.5. The lowest BCUT2D eigenvalue weighted by molar-refractivity contribution is -0.153. The number of ether oxygens (including phenoxy) is 1. The highest BCUT2D eigenvalue weighted by Crippen LogP contribution is 2.36. The van der Waals surface area contributed by atoms with Gasteiger partial charge in [-0.3, -0.25) is 14.3 Å². The molecule has 0 N–H and O–H groups in total. The van der Waals surface area contributed by atoms with Gasteiger partial charge in [0.2, 0.25) is 0 Å². The lowest BCUT2D eigenvalue weighted by Gasteiger charge is -2.28. The molecular formula is C24H33N3O4. The Balaban J connectivity index is 2.66. The molecule has 31 heavy (non-hydrogen) atoms. The first-order chi connectivity index (χ1) is 14.4. The first kappa shape index (κ1) is 24.3. The van der Waals surface area contributed by atoms with E-state index in [0.29, 0.717) is 22.6 Å². The van der Waals surface area contributed by atoms with E-state index in [0.717, 1.165) is 16.9 Å². The molecule has 2 amide bonds. The van der Waals surface area contributed by atoms with Crippen molar-refractivity contribution in [2.24, 2.45) is 12.5 Å². The second kappa shape index (κ2) is 9.45. The third kappa shape index (κ3) is 5.40. The van der Waals surface area contributed by atoms with E-state index in [2.05, 4.69) is 32.8 Å². The number of rotatable bonds is 5. The predicted octanol–water partition coefficient (Wildman–Crippen LogP) is 4.31. The van der Waals surface area contributed by atoms with Gasteiger partial charge in [-0.1, -0.05) is 45.9 Å². The number of para-hydroxylation sites is 1. The fourth-order valence-electron chi connectivity index (χ4n) is 3.93. The van der Waals surface area contributed by atoms with E-state index in [1.165, 1.54) is 0 Å². The van der Waals surface area contributed by atoms with Crippen molar-refractivity contribution in [3.8, 4) is 0 Å². The summed E-state index contributed by atoms with van der Waals surface area (Å²) in [5, 5.41) is 4.30. The summed E-state index contributed by atoms with van der Waals surface area (Å²) in [5.74, 6) is -2.60. The molecule has 0 aliphatic rings. The summed E-state index contributed by atoms with van der Waals surface area (Å²) in [5.41, 5.74) is 2.67. The van der Waals surface area contributed by atoms with Gasteiger partial charge in [-0.15, -0.1) is 0 Å². The predicted molar refractivity (Wildman–Crippen MR) is 120 cm³/mol. The zero-order valence-corrected chi connectivity index (χ0v) is 19.8. The number of carbonyl (C=O) groups is 3. The van der Waals surface area contributed by atoms with E-state index >= 15 is 0 Å². The van der Waals surface area contributed by atoms with Crippen LogP contribution in [0.15, 0.2) is 24.3 Å². The van der Waals surface area contributed by atoms with Crippen molar-refractivity contribution in [3.63, 3.8) is 0 Å². The van der Waals surface area contributed by atoms with Gasteiger partial charge >= 0.3 is 11.9 Å². The Hall–Kier alpha value is -2.96. The molecule has 1 aromatic heterocycles. The minimum absolute atomic E-state index is 0.0413. The van der Waals surface area contributed by atoms with Crippen LogP contribution in [0.4, 0.5) is 5.69 Å². The summed E-state index contributed by atoms with van der Waals surface area (Å²) < 4.78 is 6.52. The number of aryl methyl sites for hydroxylation is 2. The topological polar surface area (TPSA) is 81.5 Å². The molecule has 168 valence electrons. The fourth-order valence-corrected chi connectivity index (χ4v) is 3.93. The van der Waals surface area contributed by atoms with Gasteiger partial charge in [-0.05, 0) is 50.2 Å². The van der Waals surface area contributed by atoms with Crippen LogP contribution in [0.2, 0.25) is 0 Å². The summed E-state index contributed by atoms with van der Waals surface area (Å²) in [4.78, 5) is 40.1. The first-order valence-electron chi connectivity index (χ1n) is 10.5. The quantitative estimate of drug-likeness (QED) is 0.524. The normalized spacial score (nSPS) is 12.4. The summed E-state index contributed by atoms with van der Waals surface area (Å²) >= 11 is 0. The largest absolute Gasteiger partial charge is 0.459 e. The summed E-state index contributed by atoms with van der Waals surface area (Å²) in [6.07, 6.45) is 0.838. The van der Waals surface area contributed by atoms with Gasteiger partial charge in [0, 0.05) is 12.7 Å². The molecule has 0 aliphatic carbocycles. The minimum Gasteiger partial charge on any atom is -0.459 e. The Bertz CT molecular complexity index is 985. The monoisotopic (exact) mass is 427 g/mol. The van der Waals surface area contributed by atoms with Gasteiger partial charge < -0.3 is 4.74 Å². The number of benzene rings is 1. The number of nitrogens with zero attached hydrogens (tertiary/aromatic N) is 3. The van der Waals surface area contributed by atoms with Crippen LogP contribution in [0.25, 0.3) is 0 Å². The number of hydrogen-bond donors (Lipinski definition) is 0. The van der Waals surface area contributed by atoms with Gasteiger partial charge in [0.05, 0.1) is 23.6 Å². The molecule has 0 saturated carbocycles. The van der Waals surface area contributed by atoms with Crippen molar-refractivity contribution in [1.29, 1.82) is 0 Å². The van der Waals surface area contributed by atoms with Gasteiger partial charge in [0.25, 0.3) is 5.91 Å². The maximum Gasteiger partial charge on any atom is 0.397 e. The zero-order chi connectivity index (χ0) is 23.5. The second-order valence-electron chi connectivity index (χ2n) is 9.06. The molecule has 0 bridgehead atoms. The highest BCUT2D eigenvalue weighted by Gasteiger charge is 2.35. The number of aromatic nitrogens is 2. The molecule has 7 nitrogen and oxygen atoms in total. The average molecular weight is 428 g/mol. The van der Waals surface area contributed by atoms with Crippen LogP contribution in [0.1, 0.15) is 74.3 Å². The third-order valence-electron chi connectivity index (χ3n) is 5.21. The Morgan fingerprint density at radius 3 is 2.29 bits per heavy atom. The molecule has 0 saturated heterocycles. The van der Waals surface area contributed by atoms with Gasteiger partial charge in [-0.25, -0.2) is 9.69 Å². The number of hydrogen-bond acceptors (Lipinski definition) is 5. The van der Waals surface area contributed by atoms with E-state index in [-0.39, 0.29) is 17.9 Å². The summed E-state index contributed by atoms with van der Waals surface area (Å²) in [7, 11) is 1.73. The van der Waals surface area contributed by atoms with Crippen molar-refractivity contribution >= 4 is 23.5 Å². The number of imide groups is 1. The maximum absolute atomic E-state index is 13.7. The standard InChI is InChI=1S/C24H33N3O4/c1-9-31-23(30)22(29)27(21(28)20-16(3)25-26(8)17(20)4)19-13-11-10-12-18(19)15(2)14-24(5,6)7/h10-13,15H,9,14H2,1-8H3. The van der Waals surface area contributed by atoms with Gasteiger partial charge in [-0.2, -0.15) is 5.10 Å². The van der Waals surface area contributed by atoms with Crippen molar-refractivity contribution in [1.82, 2.24) is 9.78 Å². The third-order valence-corrected chi connectivity index (χ3v) is 5.21. The second-order valence-corrected chi connectivity index (χ2v) is 9.06. The van der Waals surface area contributed by atoms with Crippen LogP contribution in [-0.2, 0) is 21.4 Å². The summed E-state index contributed by atoms with van der Waals surface area (Å²) in [6, 6.07) is 7.22. The van der Waals surface area contributed by atoms with Crippen LogP contribution in [0.5, 0.6) is 0 Å². The zero-order valence-electron chi connectivity index (χ0n) is 19.8. The van der Waals surface area contributed by atoms with Crippen molar-refractivity contribution in [3.05, 3.63) is 46.8 Å². The maximum atomic E-state index is 13.7. The smallest absolute Gasteiger partial charge is 0.397 e. The lowest BCUT2D eigenvalue weighted by Crippen LogP contribution is -2.43. The van der Waals surface area contributed by atoms with Crippen LogP contribution in [0.3, 0.4) is 0 Å². The molecule has 0 aliphatic heterocycles. The van der Waals surface area contributed by atoms with Crippen molar-refractivity contribution in [2.45, 2.75) is 60.8 Å². The number of carbonyl (C=O) groups excluding carboxylic acids is 3. The van der Waals surface area contributed by atoms with Crippen LogP contribution >= 0.6 is 0 Å². The molecule has 2 aromatic rings. The van der Waals surface area contributed by atoms with Crippen LogP contribution < -0.4 is 4.90 Å². The van der Waals surface area contributed by atoms with E-state index in [9.17, 15) is 14.4 Å². The molecule has 1 heterocycles. The molecule has 0 spiro atoms. The van der Waals surface area contributed by atoms with E-state index < -0.39 is 17.8 Å². The summed E-state index contributed by atoms with van der Waals surface area (Å²) in [6.45, 7) is 13.6. The number of esters is 1. The Kier molecular flexibility index (Phi) is 7.41. The Labute approximate surface area is 184 Å². The van der Waals surface area contributed by atoms with Gasteiger partial charge in [0.1, 0.15) is 0 Å².